The Morgan fingerprint density at radius 2 is 2.04 bits per heavy atom. The van der Waals surface area contributed by atoms with E-state index in [1.165, 1.54) is 29.0 Å². The lowest BCUT2D eigenvalue weighted by atomic mass is 10.0. The van der Waals surface area contributed by atoms with Crippen molar-refractivity contribution in [3.8, 4) is 11.3 Å². The van der Waals surface area contributed by atoms with Crippen molar-refractivity contribution >= 4 is 22.4 Å². The van der Waals surface area contributed by atoms with E-state index in [-0.39, 0.29) is 28.4 Å². The van der Waals surface area contributed by atoms with Crippen molar-refractivity contribution in [2.45, 2.75) is 13.3 Å². The molecule has 3 rings (SSSR count). The predicted molar refractivity (Wildman–Crippen MR) is 99.4 cm³/mol. The van der Waals surface area contributed by atoms with E-state index in [9.17, 15) is 14.0 Å². The topological polar surface area (TPSA) is 90.0 Å². The normalized spacial score (nSPS) is 10.9. The Kier molecular flexibility index (Phi) is 4.71. The zero-order valence-corrected chi connectivity index (χ0v) is 14.5. The summed E-state index contributed by atoms with van der Waals surface area (Å²) < 4.78 is 16.0. The van der Waals surface area contributed by atoms with Gasteiger partial charge in [-0.05, 0) is 24.6 Å². The first-order chi connectivity index (χ1) is 12.5. The molecule has 1 aromatic carbocycles. The van der Waals surface area contributed by atoms with Crippen LogP contribution in [0.5, 0.6) is 0 Å². The summed E-state index contributed by atoms with van der Waals surface area (Å²) in [6.07, 6.45) is 2.21. The molecule has 0 bridgehead atoms. The van der Waals surface area contributed by atoms with Crippen LogP contribution >= 0.6 is 0 Å². The Hall–Kier alpha value is -3.22. The lowest BCUT2D eigenvalue weighted by molar-refractivity contribution is 0.0950. The Labute approximate surface area is 149 Å². The van der Waals surface area contributed by atoms with Crippen LogP contribution in [0, 0.1) is 5.82 Å². The Morgan fingerprint density at radius 3 is 2.77 bits per heavy atom. The van der Waals surface area contributed by atoms with E-state index in [0.29, 0.717) is 23.0 Å². The second-order valence-electron chi connectivity index (χ2n) is 5.97. The second kappa shape index (κ2) is 6.95. The van der Waals surface area contributed by atoms with Gasteiger partial charge in [0.2, 0.25) is 0 Å². The molecule has 2 aromatic heterocycles. The maximum Gasteiger partial charge on any atom is 0.272 e. The van der Waals surface area contributed by atoms with Crippen molar-refractivity contribution in [1.29, 1.82) is 0 Å². The minimum Gasteiger partial charge on any atom is -0.396 e. The number of carbonyl (C=O) groups excluding carboxylic acids is 1. The number of nitrogens with zero attached hydrogens (tertiary/aromatic N) is 2. The molecule has 134 valence electrons. The van der Waals surface area contributed by atoms with Crippen molar-refractivity contribution < 1.29 is 9.18 Å². The number of carbonyl (C=O) groups is 1. The van der Waals surface area contributed by atoms with Gasteiger partial charge in [-0.1, -0.05) is 13.0 Å². The van der Waals surface area contributed by atoms with Crippen LogP contribution < -0.4 is 16.6 Å². The van der Waals surface area contributed by atoms with Crippen LogP contribution in [-0.2, 0) is 7.05 Å². The molecule has 7 heteroatoms. The van der Waals surface area contributed by atoms with Crippen molar-refractivity contribution in [2.75, 3.05) is 12.3 Å². The highest BCUT2D eigenvalue weighted by Gasteiger charge is 2.19. The molecule has 0 radical (unpaired) electrons. The van der Waals surface area contributed by atoms with Crippen LogP contribution in [0.15, 0.2) is 41.3 Å². The number of amides is 1. The van der Waals surface area contributed by atoms with Crippen LogP contribution in [0.25, 0.3) is 22.0 Å². The molecule has 3 N–H and O–H groups in total. The summed E-state index contributed by atoms with van der Waals surface area (Å²) >= 11 is 0. The minimum atomic E-state index is -0.497. The lowest BCUT2D eigenvalue weighted by Gasteiger charge is -2.14. The first-order valence-corrected chi connectivity index (χ1v) is 8.27. The quantitative estimate of drug-likeness (QED) is 0.753. The number of fused-ring (bicyclic) bond motifs is 1. The summed E-state index contributed by atoms with van der Waals surface area (Å²) in [6.45, 7) is 2.45. The second-order valence-corrected chi connectivity index (χ2v) is 5.97. The van der Waals surface area contributed by atoms with E-state index in [1.807, 2.05) is 6.92 Å². The number of nitrogens with one attached hydrogen (secondary N) is 1. The first-order valence-electron chi connectivity index (χ1n) is 8.27. The summed E-state index contributed by atoms with van der Waals surface area (Å²) in [5.74, 6) is -0.868. The molecule has 26 heavy (non-hydrogen) atoms. The monoisotopic (exact) mass is 354 g/mol. The van der Waals surface area contributed by atoms with Gasteiger partial charge in [0.25, 0.3) is 11.5 Å². The van der Waals surface area contributed by atoms with Gasteiger partial charge in [0, 0.05) is 42.2 Å². The van der Waals surface area contributed by atoms with Gasteiger partial charge in [0.05, 0.1) is 11.4 Å². The molecular formula is C19H19FN4O2. The maximum absolute atomic E-state index is 14.6. The summed E-state index contributed by atoms with van der Waals surface area (Å²) in [5.41, 5.74) is 6.80. The summed E-state index contributed by atoms with van der Waals surface area (Å²) in [7, 11) is 1.57. The Bertz CT molecular complexity index is 1060. The van der Waals surface area contributed by atoms with E-state index < -0.39 is 5.82 Å². The number of hydrogen-bond acceptors (Lipinski definition) is 4. The first kappa shape index (κ1) is 17.6. The molecule has 0 aliphatic rings. The molecule has 0 spiro atoms. The van der Waals surface area contributed by atoms with Gasteiger partial charge in [-0.15, -0.1) is 0 Å². The third-order valence-electron chi connectivity index (χ3n) is 4.25. The number of rotatable bonds is 4. The van der Waals surface area contributed by atoms with E-state index in [0.717, 1.165) is 6.42 Å². The van der Waals surface area contributed by atoms with Crippen LogP contribution in [0.4, 0.5) is 10.1 Å². The number of hydrogen-bond donors (Lipinski definition) is 2. The van der Waals surface area contributed by atoms with Crippen molar-refractivity contribution in [1.82, 2.24) is 14.9 Å². The fourth-order valence-electron chi connectivity index (χ4n) is 2.87. The minimum absolute atomic E-state index is 0.102. The van der Waals surface area contributed by atoms with Gasteiger partial charge in [-0.3, -0.25) is 9.59 Å². The average Bonchev–Trinajstić information content (AvgIpc) is 2.63. The standard InChI is InChI=1S/C19H19FN4O2/c1-3-9-22-19(26)18-17(21)11-7-8-13(20)16(12(11)10-23-18)14-5-4-6-15(25)24(14)2/h4-8,10H,3,9,21H2,1-2H3,(H,22,26). The largest absolute Gasteiger partial charge is 0.396 e. The summed E-state index contributed by atoms with van der Waals surface area (Å²) in [4.78, 5) is 28.3. The van der Waals surface area contributed by atoms with Crippen LogP contribution in [0.1, 0.15) is 23.8 Å². The smallest absolute Gasteiger partial charge is 0.272 e. The summed E-state index contributed by atoms with van der Waals surface area (Å²) in [6, 6.07) is 7.41. The number of anilines is 1. The number of nitrogen functional groups attached to an aromatic ring is 1. The number of benzene rings is 1. The van der Waals surface area contributed by atoms with Gasteiger partial charge in [0.15, 0.2) is 5.69 Å². The molecule has 0 fully saturated rings. The van der Waals surface area contributed by atoms with Gasteiger partial charge in [-0.25, -0.2) is 9.37 Å². The average molecular weight is 354 g/mol. The number of nitrogens with two attached hydrogens (primary N) is 1. The van der Waals surface area contributed by atoms with E-state index >= 15 is 0 Å². The number of aromatic nitrogens is 2. The molecule has 6 nitrogen and oxygen atoms in total. The van der Waals surface area contributed by atoms with Gasteiger partial charge in [0.1, 0.15) is 5.82 Å². The highest BCUT2D eigenvalue weighted by Crippen LogP contribution is 2.33. The van der Waals surface area contributed by atoms with Crippen molar-refractivity contribution in [2.24, 2.45) is 7.05 Å². The third kappa shape index (κ3) is 2.92. The van der Waals surface area contributed by atoms with E-state index in [2.05, 4.69) is 10.3 Å². The number of pyridine rings is 2. The molecular weight excluding hydrogens is 335 g/mol. The zero-order valence-electron chi connectivity index (χ0n) is 14.5. The molecule has 3 aromatic rings. The predicted octanol–water partition coefficient (Wildman–Crippen LogP) is 2.46. The fraction of sp³-hybridized carbons (Fsp3) is 0.211. The molecule has 0 aliphatic heterocycles. The molecule has 0 atom stereocenters. The molecule has 0 aliphatic carbocycles. The molecule has 0 saturated carbocycles. The SMILES string of the molecule is CCCNC(=O)c1ncc2c(-c3cccc(=O)n3C)c(F)ccc2c1N. The molecule has 0 unspecified atom stereocenters. The Morgan fingerprint density at radius 1 is 1.27 bits per heavy atom. The zero-order chi connectivity index (χ0) is 18.8. The number of halogens is 1. The van der Waals surface area contributed by atoms with Gasteiger partial charge in [-0.2, -0.15) is 0 Å². The molecule has 0 saturated heterocycles. The molecule has 1 amide bonds. The highest BCUT2D eigenvalue weighted by molar-refractivity contribution is 6.09. The maximum atomic E-state index is 14.6. The lowest BCUT2D eigenvalue weighted by Crippen LogP contribution is -2.26. The van der Waals surface area contributed by atoms with E-state index in [1.54, 1.807) is 19.2 Å². The molecule has 2 heterocycles. The Balaban J connectivity index is 2.25. The van der Waals surface area contributed by atoms with Crippen LogP contribution in [-0.4, -0.2) is 22.0 Å². The highest BCUT2D eigenvalue weighted by atomic mass is 19.1. The summed E-state index contributed by atoms with van der Waals surface area (Å²) in [5, 5.41) is 3.68. The van der Waals surface area contributed by atoms with Crippen molar-refractivity contribution in [3.05, 3.63) is 58.4 Å². The third-order valence-corrected chi connectivity index (χ3v) is 4.25. The fourth-order valence-corrected chi connectivity index (χ4v) is 2.87. The van der Waals surface area contributed by atoms with Crippen LogP contribution in [0.3, 0.4) is 0 Å². The van der Waals surface area contributed by atoms with Crippen molar-refractivity contribution in [3.63, 3.8) is 0 Å². The van der Waals surface area contributed by atoms with Gasteiger partial charge < -0.3 is 15.6 Å². The van der Waals surface area contributed by atoms with E-state index in [4.69, 9.17) is 5.73 Å². The van der Waals surface area contributed by atoms with Gasteiger partial charge >= 0.3 is 0 Å². The van der Waals surface area contributed by atoms with Crippen LogP contribution in [0.2, 0.25) is 0 Å².